The number of carbonyl (C=O) groups excluding carboxylic acids is 1. The van der Waals surface area contributed by atoms with Gasteiger partial charge in [0, 0.05) is 6.20 Å². The lowest BCUT2D eigenvalue weighted by Gasteiger charge is -2.22. The number of hydrogen-bond acceptors (Lipinski definition) is 3. The van der Waals surface area contributed by atoms with E-state index in [0.717, 1.165) is 5.56 Å². The van der Waals surface area contributed by atoms with Gasteiger partial charge in [-0.2, -0.15) is 11.3 Å². The first-order valence-electron chi connectivity index (χ1n) is 5.26. The zero-order valence-electron chi connectivity index (χ0n) is 9.43. The fourth-order valence-corrected chi connectivity index (χ4v) is 2.27. The molecule has 90 valence electrons. The molecule has 5 heteroatoms. The van der Waals surface area contributed by atoms with E-state index >= 15 is 0 Å². The van der Waals surface area contributed by atoms with Gasteiger partial charge in [0.15, 0.2) is 0 Å². The van der Waals surface area contributed by atoms with Gasteiger partial charge in [-0.05, 0) is 41.4 Å². The largest absolute Gasteiger partial charge is 0.384 e. The van der Waals surface area contributed by atoms with E-state index in [1.807, 2.05) is 16.8 Å². The fraction of sp³-hybridized carbons (Fsp3) is 0.250. The number of aliphatic hydroxyl groups is 1. The number of carbonyl (C=O) groups is 1. The van der Waals surface area contributed by atoms with Gasteiger partial charge < -0.3 is 15.4 Å². The number of rotatable bonds is 4. The van der Waals surface area contributed by atoms with Crippen molar-refractivity contribution in [2.75, 3.05) is 6.54 Å². The number of hydrogen-bond donors (Lipinski definition) is 3. The van der Waals surface area contributed by atoms with Gasteiger partial charge in [-0.3, -0.25) is 4.79 Å². The van der Waals surface area contributed by atoms with Crippen molar-refractivity contribution < 1.29 is 9.90 Å². The van der Waals surface area contributed by atoms with Gasteiger partial charge in [-0.25, -0.2) is 0 Å². The van der Waals surface area contributed by atoms with E-state index in [4.69, 9.17) is 0 Å². The highest BCUT2D eigenvalue weighted by molar-refractivity contribution is 7.08. The minimum Gasteiger partial charge on any atom is -0.384 e. The minimum atomic E-state index is -1.04. The SMILES string of the molecule is CC(O)(CNC(=O)c1ccc[nH]1)c1ccsc1. The van der Waals surface area contributed by atoms with Gasteiger partial charge in [0.2, 0.25) is 0 Å². The summed E-state index contributed by atoms with van der Waals surface area (Å²) in [6.45, 7) is 1.87. The van der Waals surface area contributed by atoms with E-state index in [1.165, 1.54) is 11.3 Å². The summed E-state index contributed by atoms with van der Waals surface area (Å²) in [7, 11) is 0. The van der Waals surface area contributed by atoms with Crippen LogP contribution in [0.1, 0.15) is 23.0 Å². The van der Waals surface area contributed by atoms with Crippen molar-refractivity contribution in [3.8, 4) is 0 Å². The summed E-state index contributed by atoms with van der Waals surface area (Å²) < 4.78 is 0. The highest BCUT2D eigenvalue weighted by Crippen LogP contribution is 2.22. The molecule has 2 aromatic rings. The van der Waals surface area contributed by atoms with Crippen molar-refractivity contribution in [2.45, 2.75) is 12.5 Å². The molecule has 2 aromatic heterocycles. The molecular weight excluding hydrogens is 236 g/mol. The van der Waals surface area contributed by atoms with E-state index in [1.54, 1.807) is 25.3 Å². The number of amides is 1. The predicted octanol–water partition coefficient (Wildman–Crippen LogP) is 1.71. The fourth-order valence-electron chi connectivity index (χ4n) is 1.49. The lowest BCUT2D eigenvalue weighted by Crippen LogP contribution is -2.38. The number of aromatic nitrogens is 1. The molecule has 2 heterocycles. The Hall–Kier alpha value is -1.59. The Morgan fingerprint density at radius 2 is 2.41 bits per heavy atom. The molecule has 0 radical (unpaired) electrons. The number of thiophene rings is 1. The van der Waals surface area contributed by atoms with Crippen molar-refractivity contribution in [1.82, 2.24) is 10.3 Å². The van der Waals surface area contributed by atoms with Crippen LogP contribution >= 0.6 is 11.3 Å². The molecule has 0 saturated carbocycles. The Morgan fingerprint density at radius 1 is 1.59 bits per heavy atom. The maximum absolute atomic E-state index is 11.7. The molecule has 4 nitrogen and oxygen atoms in total. The summed E-state index contributed by atoms with van der Waals surface area (Å²) in [5.74, 6) is -0.217. The third-order valence-electron chi connectivity index (χ3n) is 2.58. The average molecular weight is 250 g/mol. The van der Waals surface area contributed by atoms with Crippen molar-refractivity contribution in [3.63, 3.8) is 0 Å². The summed E-state index contributed by atoms with van der Waals surface area (Å²) in [4.78, 5) is 14.5. The minimum absolute atomic E-state index is 0.182. The monoisotopic (exact) mass is 250 g/mol. The maximum atomic E-state index is 11.7. The molecule has 0 aliphatic carbocycles. The first kappa shape index (κ1) is 11.9. The topological polar surface area (TPSA) is 65.1 Å². The summed E-state index contributed by atoms with van der Waals surface area (Å²) in [5.41, 5.74) is 0.266. The van der Waals surface area contributed by atoms with Crippen LogP contribution in [-0.4, -0.2) is 22.5 Å². The summed E-state index contributed by atoms with van der Waals surface area (Å²) >= 11 is 1.52. The molecular formula is C12H14N2O2S. The Labute approximate surface area is 103 Å². The van der Waals surface area contributed by atoms with Crippen molar-refractivity contribution >= 4 is 17.2 Å². The van der Waals surface area contributed by atoms with Crippen molar-refractivity contribution in [1.29, 1.82) is 0 Å². The molecule has 2 rings (SSSR count). The van der Waals surface area contributed by atoms with Crippen LogP contribution in [0.3, 0.4) is 0 Å². The summed E-state index contributed by atoms with van der Waals surface area (Å²) in [5, 5.41) is 16.7. The van der Waals surface area contributed by atoms with Crippen LogP contribution in [0, 0.1) is 0 Å². The Balaban J connectivity index is 1.96. The molecule has 3 N–H and O–H groups in total. The van der Waals surface area contributed by atoms with Gasteiger partial charge >= 0.3 is 0 Å². The van der Waals surface area contributed by atoms with Gasteiger partial charge in [-0.15, -0.1) is 0 Å². The quantitative estimate of drug-likeness (QED) is 0.773. The Kier molecular flexibility index (Phi) is 3.31. The van der Waals surface area contributed by atoms with E-state index in [9.17, 15) is 9.90 Å². The molecule has 1 amide bonds. The van der Waals surface area contributed by atoms with Crippen LogP contribution in [0.4, 0.5) is 0 Å². The van der Waals surface area contributed by atoms with Crippen LogP contribution < -0.4 is 5.32 Å². The second-order valence-electron chi connectivity index (χ2n) is 4.05. The molecule has 0 spiro atoms. The Morgan fingerprint density at radius 3 is 3.00 bits per heavy atom. The van der Waals surface area contributed by atoms with Crippen LogP contribution in [0.15, 0.2) is 35.2 Å². The molecule has 0 fully saturated rings. The smallest absolute Gasteiger partial charge is 0.267 e. The second-order valence-corrected chi connectivity index (χ2v) is 4.83. The highest BCUT2D eigenvalue weighted by atomic mass is 32.1. The van der Waals surface area contributed by atoms with E-state index in [2.05, 4.69) is 10.3 Å². The normalized spacial score (nSPS) is 14.2. The molecule has 1 atom stereocenters. The maximum Gasteiger partial charge on any atom is 0.267 e. The number of H-pyrrole nitrogens is 1. The zero-order valence-corrected chi connectivity index (χ0v) is 10.3. The van der Waals surface area contributed by atoms with Crippen LogP contribution in [0.2, 0.25) is 0 Å². The second kappa shape index (κ2) is 4.73. The highest BCUT2D eigenvalue weighted by Gasteiger charge is 2.24. The summed E-state index contributed by atoms with van der Waals surface area (Å²) in [6, 6.07) is 5.30. The lowest BCUT2D eigenvalue weighted by atomic mass is 9.99. The van der Waals surface area contributed by atoms with E-state index in [0.29, 0.717) is 5.69 Å². The number of aromatic amines is 1. The van der Waals surface area contributed by atoms with Gasteiger partial charge in [-0.1, -0.05) is 0 Å². The molecule has 0 bridgehead atoms. The molecule has 0 aliphatic heterocycles. The molecule has 0 aliphatic rings. The van der Waals surface area contributed by atoms with Gasteiger partial charge in [0.1, 0.15) is 11.3 Å². The standard InChI is InChI=1S/C12H14N2O2S/c1-12(16,9-4-6-17-7-9)8-14-11(15)10-3-2-5-13-10/h2-7,13,16H,8H2,1H3,(H,14,15). The molecule has 0 aromatic carbocycles. The molecule has 1 unspecified atom stereocenters. The molecule has 0 saturated heterocycles. The average Bonchev–Trinajstić information content (AvgIpc) is 2.97. The first-order valence-corrected chi connectivity index (χ1v) is 6.20. The van der Waals surface area contributed by atoms with E-state index in [-0.39, 0.29) is 12.5 Å². The third kappa shape index (κ3) is 2.75. The zero-order chi connectivity index (χ0) is 12.3. The number of nitrogens with one attached hydrogen (secondary N) is 2. The van der Waals surface area contributed by atoms with Crippen molar-refractivity contribution in [2.24, 2.45) is 0 Å². The third-order valence-corrected chi connectivity index (χ3v) is 3.26. The van der Waals surface area contributed by atoms with Crippen LogP contribution in [0.5, 0.6) is 0 Å². The Bertz CT molecular complexity index is 475. The predicted molar refractivity (Wildman–Crippen MR) is 67.0 cm³/mol. The van der Waals surface area contributed by atoms with Crippen LogP contribution in [0.25, 0.3) is 0 Å². The van der Waals surface area contributed by atoms with E-state index < -0.39 is 5.60 Å². The van der Waals surface area contributed by atoms with Crippen LogP contribution in [-0.2, 0) is 5.60 Å². The van der Waals surface area contributed by atoms with Gasteiger partial charge in [0.25, 0.3) is 5.91 Å². The first-order chi connectivity index (χ1) is 8.09. The lowest BCUT2D eigenvalue weighted by molar-refractivity contribution is 0.0529. The molecule has 17 heavy (non-hydrogen) atoms. The van der Waals surface area contributed by atoms with Gasteiger partial charge in [0.05, 0.1) is 6.54 Å². The van der Waals surface area contributed by atoms with Crippen molar-refractivity contribution in [3.05, 3.63) is 46.4 Å². The summed E-state index contributed by atoms with van der Waals surface area (Å²) in [6.07, 6.45) is 1.69.